The van der Waals surface area contributed by atoms with E-state index < -0.39 is 11.7 Å². The largest absolute Gasteiger partial charge is 0.366 e. The van der Waals surface area contributed by atoms with Crippen molar-refractivity contribution in [2.75, 3.05) is 0 Å². The fourth-order valence-electron chi connectivity index (χ4n) is 1.57. The highest BCUT2D eigenvalue weighted by Crippen LogP contribution is 2.29. The van der Waals surface area contributed by atoms with Gasteiger partial charge in [-0.25, -0.2) is 4.39 Å². The van der Waals surface area contributed by atoms with Gasteiger partial charge in [-0.3, -0.25) is 4.79 Å². The first-order chi connectivity index (χ1) is 8.49. The molecule has 0 fully saturated rings. The number of primary amides is 1. The Kier molecular flexibility index (Phi) is 3.55. The third kappa shape index (κ3) is 2.47. The van der Waals surface area contributed by atoms with Crippen LogP contribution in [-0.2, 0) is 0 Å². The van der Waals surface area contributed by atoms with E-state index in [1.807, 2.05) is 0 Å². The van der Waals surface area contributed by atoms with E-state index in [1.54, 1.807) is 24.3 Å². The van der Waals surface area contributed by atoms with Crippen LogP contribution in [0.15, 0.2) is 36.4 Å². The number of nitrogens with two attached hydrogens (primary N) is 1. The van der Waals surface area contributed by atoms with E-state index in [-0.39, 0.29) is 5.56 Å². The summed E-state index contributed by atoms with van der Waals surface area (Å²) in [7, 11) is 0. The normalized spacial score (nSPS) is 10.4. The molecule has 0 aliphatic carbocycles. The zero-order valence-corrected chi connectivity index (χ0v) is 10.6. The first-order valence-electron chi connectivity index (χ1n) is 5.04. The second-order valence-corrected chi connectivity index (χ2v) is 4.50. The summed E-state index contributed by atoms with van der Waals surface area (Å²) in [6, 6.07) is 9.15. The Morgan fingerprint density at radius 3 is 2.17 bits per heavy atom. The molecule has 0 unspecified atom stereocenters. The first-order valence-corrected chi connectivity index (χ1v) is 5.79. The molecule has 0 spiro atoms. The number of carbonyl (C=O) groups is 1. The average molecular weight is 284 g/mol. The van der Waals surface area contributed by atoms with E-state index in [0.717, 1.165) is 0 Å². The van der Waals surface area contributed by atoms with Crippen LogP contribution in [0.1, 0.15) is 10.4 Å². The van der Waals surface area contributed by atoms with Crippen molar-refractivity contribution in [2.45, 2.75) is 0 Å². The standard InChI is InChI=1S/C13H8Cl2FNO/c14-10-4-2-7(5-11(10)15)8-1-3-9(13(17)18)12(16)6-8/h1-6H,(H2,17,18). The predicted octanol–water partition coefficient (Wildman–Crippen LogP) is 3.90. The smallest absolute Gasteiger partial charge is 0.251 e. The molecule has 0 aromatic heterocycles. The van der Waals surface area contributed by atoms with Gasteiger partial charge in [0.1, 0.15) is 5.82 Å². The van der Waals surface area contributed by atoms with Gasteiger partial charge in [-0.15, -0.1) is 0 Å². The van der Waals surface area contributed by atoms with Gasteiger partial charge in [0, 0.05) is 0 Å². The minimum absolute atomic E-state index is 0.140. The number of hydrogen-bond donors (Lipinski definition) is 1. The van der Waals surface area contributed by atoms with Crippen molar-refractivity contribution in [3.05, 3.63) is 57.8 Å². The Morgan fingerprint density at radius 2 is 1.61 bits per heavy atom. The maximum absolute atomic E-state index is 13.6. The molecule has 0 heterocycles. The molecule has 2 aromatic carbocycles. The first kappa shape index (κ1) is 12.9. The molecule has 18 heavy (non-hydrogen) atoms. The Balaban J connectivity index is 2.48. The minimum atomic E-state index is -0.798. The van der Waals surface area contributed by atoms with Crippen LogP contribution >= 0.6 is 23.2 Å². The van der Waals surface area contributed by atoms with E-state index in [4.69, 9.17) is 28.9 Å². The summed E-state index contributed by atoms with van der Waals surface area (Å²) < 4.78 is 13.6. The summed E-state index contributed by atoms with van der Waals surface area (Å²) in [5.41, 5.74) is 6.19. The van der Waals surface area contributed by atoms with Gasteiger partial charge in [0.2, 0.25) is 0 Å². The van der Waals surface area contributed by atoms with Crippen LogP contribution in [0.25, 0.3) is 11.1 Å². The monoisotopic (exact) mass is 283 g/mol. The highest BCUT2D eigenvalue weighted by molar-refractivity contribution is 6.42. The third-order valence-corrected chi connectivity index (χ3v) is 3.23. The zero-order chi connectivity index (χ0) is 13.3. The molecule has 92 valence electrons. The van der Waals surface area contributed by atoms with Crippen molar-refractivity contribution >= 4 is 29.1 Å². The van der Waals surface area contributed by atoms with Crippen LogP contribution in [0, 0.1) is 5.82 Å². The number of benzene rings is 2. The predicted molar refractivity (Wildman–Crippen MR) is 70.4 cm³/mol. The van der Waals surface area contributed by atoms with E-state index in [2.05, 4.69) is 0 Å². The Hall–Kier alpha value is -1.58. The van der Waals surface area contributed by atoms with Crippen LogP contribution in [0.2, 0.25) is 10.0 Å². The van der Waals surface area contributed by atoms with Crippen LogP contribution in [0.5, 0.6) is 0 Å². The number of halogens is 3. The summed E-state index contributed by atoms with van der Waals surface area (Å²) in [6.45, 7) is 0. The van der Waals surface area contributed by atoms with Crippen LogP contribution < -0.4 is 5.73 Å². The molecule has 0 aliphatic heterocycles. The van der Waals surface area contributed by atoms with E-state index >= 15 is 0 Å². The molecule has 0 saturated heterocycles. The lowest BCUT2D eigenvalue weighted by Crippen LogP contribution is -2.12. The maximum atomic E-state index is 13.6. The van der Waals surface area contributed by atoms with Crippen molar-refractivity contribution in [1.82, 2.24) is 0 Å². The van der Waals surface area contributed by atoms with Gasteiger partial charge in [0.25, 0.3) is 5.91 Å². The topological polar surface area (TPSA) is 43.1 Å². The van der Waals surface area contributed by atoms with Crippen molar-refractivity contribution in [1.29, 1.82) is 0 Å². The van der Waals surface area contributed by atoms with Crippen molar-refractivity contribution < 1.29 is 9.18 Å². The van der Waals surface area contributed by atoms with Crippen molar-refractivity contribution in [3.63, 3.8) is 0 Å². The molecule has 0 saturated carbocycles. The summed E-state index contributed by atoms with van der Waals surface area (Å²) in [6.07, 6.45) is 0. The van der Waals surface area contributed by atoms with Gasteiger partial charge in [0.05, 0.1) is 15.6 Å². The summed E-state index contributed by atoms with van der Waals surface area (Å²) >= 11 is 11.7. The summed E-state index contributed by atoms with van der Waals surface area (Å²) in [5.74, 6) is -1.46. The molecule has 0 radical (unpaired) electrons. The molecule has 2 aromatic rings. The highest BCUT2D eigenvalue weighted by atomic mass is 35.5. The average Bonchev–Trinajstić information content (AvgIpc) is 2.32. The van der Waals surface area contributed by atoms with Gasteiger partial charge in [-0.1, -0.05) is 35.3 Å². The molecule has 0 atom stereocenters. The molecule has 2 nitrogen and oxygen atoms in total. The van der Waals surface area contributed by atoms with Crippen molar-refractivity contribution in [3.8, 4) is 11.1 Å². The second kappa shape index (κ2) is 4.96. The molecule has 1 amide bonds. The quantitative estimate of drug-likeness (QED) is 0.893. The lowest BCUT2D eigenvalue weighted by molar-refractivity contribution is 0.0996. The van der Waals surface area contributed by atoms with E-state index in [0.29, 0.717) is 21.2 Å². The van der Waals surface area contributed by atoms with E-state index in [1.165, 1.54) is 12.1 Å². The second-order valence-electron chi connectivity index (χ2n) is 3.69. The van der Waals surface area contributed by atoms with E-state index in [9.17, 15) is 9.18 Å². The molecule has 2 rings (SSSR count). The van der Waals surface area contributed by atoms with Crippen molar-refractivity contribution in [2.24, 2.45) is 5.73 Å². The summed E-state index contributed by atoms with van der Waals surface area (Å²) in [5, 5.41) is 0.809. The summed E-state index contributed by atoms with van der Waals surface area (Å²) in [4.78, 5) is 10.9. The zero-order valence-electron chi connectivity index (χ0n) is 9.08. The number of amides is 1. The van der Waals surface area contributed by atoms with Gasteiger partial charge in [-0.05, 0) is 35.4 Å². The lowest BCUT2D eigenvalue weighted by Gasteiger charge is -2.05. The third-order valence-electron chi connectivity index (χ3n) is 2.49. The molecule has 2 N–H and O–H groups in total. The van der Waals surface area contributed by atoms with Gasteiger partial charge in [0.15, 0.2) is 0 Å². The SMILES string of the molecule is NC(=O)c1ccc(-c2ccc(Cl)c(Cl)c2)cc1F. The van der Waals surface area contributed by atoms with Crippen LogP contribution in [0.4, 0.5) is 4.39 Å². The lowest BCUT2D eigenvalue weighted by atomic mass is 10.0. The molecule has 0 aliphatic rings. The van der Waals surface area contributed by atoms with Gasteiger partial charge >= 0.3 is 0 Å². The number of carbonyl (C=O) groups excluding carboxylic acids is 1. The molecule has 0 bridgehead atoms. The molecular weight excluding hydrogens is 276 g/mol. The number of hydrogen-bond acceptors (Lipinski definition) is 1. The van der Waals surface area contributed by atoms with Crippen LogP contribution in [0.3, 0.4) is 0 Å². The fourth-order valence-corrected chi connectivity index (χ4v) is 1.87. The minimum Gasteiger partial charge on any atom is -0.366 e. The molecular formula is C13H8Cl2FNO. The van der Waals surface area contributed by atoms with Crippen LogP contribution in [-0.4, -0.2) is 5.91 Å². The van der Waals surface area contributed by atoms with Gasteiger partial charge < -0.3 is 5.73 Å². The highest BCUT2D eigenvalue weighted by Gasteiger charge is 2.10. The number of rotatable bonds is 2. The maximum Gasteiger partial charge on any atom is 0.251 e. The Morgan fingerprint density at radius 1 is 1.00 bits per heavy atom. The Bertz CT molecular complexity index is 628. The Labute approximate surface area is 113 Å². The molecule has 5 heteroatoms. The fraction of sp³-hybridized carbons (Fsp3) is 0. The van der Waals surface area contributed by atoms with Gasteiger partial charge in [-0.2, -0.15) is 0 Å².